The molecule has 1 aromatic carbocycles. The predicted molar refractivity (Wildman–Crippen MR) is 98.3 cm³/mol. The number of sulfonamides is 1. The van der Waals surface area contributed by atoms with E-state index in [4.69, 9.17) is 0 Å². The molecule has 0 bridgehead atoms. The second-order valence-electron chi connectivity index (χ2n) is 6.48. The first kappa shape index (κ1) is 18.6. The number of rotatable bonds is 6. The van der Waals surface area contributed by atoms with Gasteiger partial charge in [-0.3, -0.25) is 9.48 Å². The van der Waals surface area contributed by atoms with Crippen LogP contribution in [0.2, 0.25) is 0 Å². The fourth-order valence-electron chi connectivity index (χ4n) is 3.10. The molecule has 0 aliphatic carbocycles. The maximum atomic E-state index is 12.9. The summed E-state index contributed by atoms with van der Waals surface area (Å²) in [6.45, 7) is 1.39. The molecule has 1 amide bonds. The monoisotopic (exact) mass is 376 g/mol. The van der Waals surface area contributed by atoms with Crippen molar-refractivity contribution >= 4 is 15.9 Å². The van der Waals surface area contributed by atoms with Crippen LogP contribution in [0.15, 0.2) is 41.6 Å². The number of carbonyl (C=O) groups is 1. The lowest BCUT2D eigenvalue weighted by atomic mass is 10.1. The summed E-state index contributed by atoms with van der Waals surface area (Å²) in [5.41, 5.74) is 1.21. The number of nitrogens with one attached hydrogen (secondary N) is 1. The number of aryl methyl sites for hydroxylation is 1. The van der Waals surface area contributed by atoms with Gasteiger partial charge in [0, 0.05) is 32.9 Å². The maximum absolute atomic E-state index is 12.9. The van der Waals surface area contributed by atoms with E-state index in [0.717, 1.165) is 24.8 Å². The zero-order valence-corrected chi connectivity index (χ0v) is 15.7. The van der Waals surface area contributed by atoms with Crippen LogP contribution in [0.25, 0.3) is 0 Å². The quantitative estimate of drug-likeness (QED) is 0.829. The molecule has 1 aliphatic rings. The molecule has 2 heterocycles. The Balaban J connectivity index is 1.72. The number of piperidine rings is 1. The van der Waals surface area contributed by atoms with Gasteiger partial charge in [-0.2, -0.15) is 9.40 Å². The summed E-state index contributed by atoms with van der Waals surface area (Å²) in [5, 5.41) is 6.72. The normalized spacial score (nSPS) is 15.7. The molecule has 26 heavy (non-hydrogen) atoms. The topological polar surface area (TPSA) is 84.3 Å². The van der Waals surface area contributed by atoms with Gasteiger partial charge in [0.2, 0.25) is 5.03 Å². The second-order valence-corrected chi connectivity index (χ2v) is 8.33. The zero-order chi connectivity index (χ0) is 18.6. The highest BCUT2D eigenvalue weighted by Gasteiger charge is 2.33. The Morgan fingerprint density at radius 1 is 1.15 bits per heavy atom. The smallest absolute Gasteiger partial charge is 0.263 e. The highest BCUT2D eigenvalue weighted by molar-refractivity contribution is 7.89. The van der Waals surface area contributed by atoms with E-state index < -0.39 is 15.9 Å². The molecule has 140 valence electrons. The first-order valence-corrected chi connectivity index (χ1v) is 10.3. The van der Waals surface area contributed by atoms with Gasteiger partial charge in [0.15, 0.2) is 0 Å². The minimum Gasteiger partial charge on any atom is -0.352 e. The predicted octanol–water partition coefficient (Wildman–Crippen LogP) is 1.57. The molecule has 1 fully saturated rings. The molecule has 0 unspecified atom stereocenters. The molecule has 3 rings (SSSR count). The third-order valence-corrected chi connectivity index (χ3v) is 6.32. The van der Waals surface area contributed by atoms with Gasteiger partial charge in [-0.1, -0.05) is 36.8 Å². The van der Waals surface area contributed by atoms with E-state index in [0.29, 0.717) is 26.1 Å². The summed E-state index contributed by atoms with van der Waals surface area (Å²) in [7, 11) is -2.13. The molecule has 2 aromatic rings. The summed E-state index contributed by atoms with van der Waals surface area (Å²) in [4.78, 5) is 12.6. The van der Waals surface area contributed by atoms with Crippen LogP contribution in [0, 0.1) is 0 Å². The van der Waals surface area contributed by atoms with Crippen molar-refractivity contribution in [2.24, 2.45) is 7.05 Å². The maximum Gasteiger partial charge on any atom is 0.263 e. The molecule has 1 saturated heterocycles. The minimum atomic E-state index is -3.75. The average molecular weight is 376 g/mol. The Labute approximate surface area is 154 Å². The molecule has 0 radical (unpaired) electrons. The van der Waals surface area contributed by atoms with Crippen molar-refractivity contribution in [3.05, 3.63) is 47.7 Å². The second kappa shape index (κ2) is 8.01. The summed E-state index contributed by atoms with van der Waals surface area (Å²) < 4.78 is 28.6. The van der Waals surface area contributed by atoms with Gasteiger partial charge < -0.3 is 5.32 Å². The molecular weight excluding hydrogens is 352 g/mol. The minimum absolute atomic E-state index is 0.103. The number of amides is 1. The van der Waals surface area contributed by atoms with E-state index in [1.54, 1.807) is 7.05 Å². The largest absolute Gasteiger partial charge is 0.352 e. The van der Waals surface area contributed by atoms with E-state index in [1.807, 2.05) is 30.3 Å². The molecule has 1 N–H and O–H groups in total. The van der Waals surface area contributed by atoms with Crippen molar-refractivity contribution in [3.8, 4) is 0 Å². The van der Waals surface area contributed by atoms with Crippen molar-refractivity contribution in [2.45, 2.75) is 30.7 Å². The lowest BCUT2D eigenvalue weighted by molar-refractivity contribution is 0.0950. The number of aromatic nitrogens is 2. The lowest BCUT2D eigenvalue weighted by Gasteiger charge is -2.25. The van der Waals surface area contributed by atoms with Crippen LogP contribution in [-0.4, -0.2) is 48.0 Å². The number of benzene rings is 1. The molecule has 7 nitrogen and oxygen atoms in total. The van der Waals surface area contributed by atoms with Gasteiger partial charge in [0.05, 0.1) is 5.56 Å². The molecule has 0 saturated carbocycles. The number of carbonyl (C=O) groups excluding carboxylic acids is 1. The molecule has 0 atom stereocenters. The van der Waals surface area contributed by atoms with Crippen LogP contribution in [0.1, 0.15) is 35.2 Å². The standard InChI is InChI=1S/C18H24N4O3S/c1-21-14-16(17(23)19-11-10-15-8-4-2-5-9-15)18(20-21)26(24,25)22-12-6-3-7-13-22/h2,4-5,8-9,14H,3,6-7,10-13H2,1H3,(H,19,23). The van der Waals surface area contributed by atoms with E-state index in [9.17, 15) is 13.2 Å². The van der Waals surface area contributed by atoms with Crippen LogP contribution in [0.5, 0.6) is 0 Å². The van der Waals surface area contributed by atoms with Crippen LogP contribution >= 0.6 is 0 Å². The molecule has 1 aliphatic heterocycles. The van der Waals surface area contributed by atoms with Crippen LogP contribution in [0.3, 0.4) is 0 Å². The van der Waals surface area contributed by atoms with Crippen LogP contribution in [-0.2, 0) is 23.5 Å². The number of nitrogens with zero attached hydrogens (tertiary/aromatic N) is 3. The molecule has 1 aromatic heterocycles. The van der Waals surface area contributed by atoms with E-state index in [-0.39, 0.29) is 10.6 Å². The van der Waals surface area contributed by atoms with Crippen molar-refractivity contribution < 1.29 is 13.2 Å². The fraction of sp³-hybridized carbons (Fsp3) is 0.444. The number of hydrogen-bond acceptors (Lipinski definition) is 4. The van der Waals surface area contributed by atoms with Gasteiger partial charge in [-0.05, 0) is 24.8 Å². The van der Waals surface area contributed by atoms with Gasteiger partial charge in [0.25, 0.3) is 15.9 Å². The first-order valence-electron chi connectivity index (χ1n) is 8.84. The number of hydrogen-bond donors (Lipinski definition) is 1. The Hall–Kier alpha value is -2.19. The Kier molecular flexibility index (Phi) is 5.73. The average Bonchev–Trinajstić information content (AvgIpc) is 3.06. The molecular formula is C18H24N4O3S. The van der Waals surface area contributed by atoms with Crippen molar-refractivity contribution in [2.75, 3.05) is 19.6 Å². The SMILES string of the molecule is Cn1cc(C(=O)NCCc2ccccc2)c(S(=O)(=O)N2CCCCC2)n1. The summed E-state index contributed by atoms with van der Waals surface area (Å²) in [6.07, 6.45) is 4.85. The summed E-state index contributed by atoms with van der Waals surface area (Å²) >= 11 is 0. The highest BCUT2D eigenvalue weighted by Crippen LogP contribution is 2.22. The Bertz CT molecular complexity index is 856. The Morgan fingerprint density at radius 2 is 1.85 bits per heavy atom. The van der Waals surface area contributed by atoms with Crippen molar-refractivity contribution in [3.63, 3.8) is 0 Å². The highest BCUT2D eigenvalue weighted by atomic mass is 32.2. The van der Waals surface area contributed by atoms with E-state index in [1.165, 1.54) is 15.2 Å². The van der Waals surface area contributed by atoms with Gasteiger partial charge in [-0.25, -0.2) is 8.42 Å². The Morgan fingerprint density at radius 3 is 2.54 bits per heavy atom. The van der Waals surface area contributed by atoms with E-state index in [2.05, 4.69) is 10.4 Å². The first-order chi connectivity index (χ1) is 12.5. The summed E-state index contributed by atoms with van der Waals surface area (Å²) in [6, 6.07) is 9.81. The van der Waals surface area contributed by atoms with E-state index >= 15 is 0 Å². The fourth-order valence-corrected chi connectivity index (χ4v) is 4.74. The third-order valence-electron chi connectivity index (χ3n) is 4.48. The summed E-state index contributed by atoms with van der Waals surface area (Å²) in [5.74, 6) is -0.412. The van der Waals surface area contributed by atoms with Gasteiger partial charge in [-0.15, -0.1) is 0 Å². The third kappa shape index (κ3) is 4.13. The van der Waals surface area contributed by atoms with Crippen molar-refractivity contribution in [1.29, 1.82) is 0 Å². The van der Waals surface area contributed by atoms with Crippen LogP contribution < -0.4 is 5.32 Å². The van der Waals surface area contributed by atoms with Crippen molar-refractivity contribution in [1.82, 2.24) is 19.4 Å². The van der Waals surface area contributed by atoms with Gasteiger partial charge >= 0.3 is 0 Å². The molecule has 8 heteroatoms. The lowest BCUT2D eigenvalue weighted by Crippen LogP contribution is -2.37. The zero-order valence-electron chi connectivity index (χ0n) is 14.9. The van der Waals surface area contributed by atoms with Crippen LogP contribution in [0.4, 0.5) is 0 Å². The molecule has 0 spiro atoms. The van der Waals surface area contributed by atoms with Gasteiger partial charge in [0.1, 0.15) is 0 Å².